The Labute approximate surface area is 192 Å². The van der Waals surface area contributed by atoms with Crippen LogP contribution in [0, 0.1) is 5.82 Å². The summed E-state index contributed by atoms with van der Waals surface area (Å²) in [7, 11) is -4.02. The molecule has 0 aliphatic rings. The van der Waals surface area contributed by atoms with Gasteiger partial charge in [-0.15, -0.1) is 0 Å². The van der Waals surface area contributed by atoms with Crippen LogP contribution in [-0.2, 0) is 32.4 Å². The minimum absolute atomic E-state index is 0.240. The molecule has 172 valence electrons. The number of carbonyl (C=O) groups is 2. The Balaban J connectivity index is 1.64. The van der Waals surface area contributed by atoms with Gasteiger partial charge in [-0.2, -0.15) is 0 Å². The maximum Gasteiger partial charge on any atom is 0.239 e. The number of amides is 2. The predicted molar refractivity (Wildman–Crippen MR) is 123 cm³/mol. The van der Waals surface area contributed by atoms with Gasteiger partial charge in [-0.1, -0.05) is 36.4 Å². The van der Waals surface area contributed by atoms with E-state index >= 15 is 0 Å². The maximum atomic E-state index is 13.0. The number of anilines is 1. The molecule has 0 aliphatic heterocycles. The SMILES string of the molecule is O=C(CS(=O)(=O)CC(=O)N(CCc1ccccn1)Cc1ccccc1)Nc1ccc(F)cc1. The molecule has 0 aliphatic carbocycles. The molecule has 3 aromatic rings. The van der Waals surface area contributed by atoms with E-state index in [1.807, 2.05) is 42.5 Å². The van der Waals surface area contributed by atoms with Gasteiger partial charge in [0.25, 0.3) is 0 Å². The molecule has 0 spiro atoms. The molecule has 0 atom stereocenters. The molecule has 0 bridgehead atoms. The van der Waals surface area contributed by atoms with E-state index < -0.39 is 39.0 Å². The van der Waals surface area contributed by atoms with Crippen molar-refractivity contribution in [3.05, 3.63) is 96.1 Å². The van der Waals surface area contributed by atoms with E-state index in [4.69, 9.17) is 0 Å². The summed E-state index contributed by atoms with van der Waals surface area (Å²) in [5.74, 6) is -3.51. The monoisotopic (exact) mass is 469 g/mol. The first-order valence-electron chi connectivity index (χ1n) is 10.3. The van der Waals surface area contributed by atoms with Crippen molar-refractivity contribution in [1.82, 2.24) is 9.88 Å². The van der Waals surface area contributed by atoms with Crippen LogP contribution in [-0.4, -0.2) is 48.2 Å². The smallest absolute Gasteiger partial charge is 0.239 e. The van der Waals surface area contributed by atoms with E-state index in [2.05, 4.69) is 10.3 Å². The Morgan fingerprint density at radius 3 is 2.27 bits per heavy atom. The zero-order chi connectivity index (χ0) is 23.7. The van der Waals surface area contributed by atoms with Crippen LogP contribution in [0.15, 0.2) is 79.0 Å². The van der Waals surface area contributed by atoms with Gasteiger partial charge in [0.05, 0.1) is 0 Å². The van der Waals surface area contributed by atoms with Crippen molar-refractivity contribution >= 4 is 27.3 Å². The number of pyridine rings is 1. The summed E-state index contributed by atoms with van der Waals surface area (Å²) in [6, 6.07) is 19.7. The fourth-order valence-electron chi connectivity index (χ4n) is 3.15. The molecule has 1 N–H and O–H groups in total. The van der Waals surface area contributed by atoms with Crippen LogP contribution in [0.4, 0.5) is 10.1 Å². The van der Waals surface area contributed by atoms with Gasteiger partial charge in [-0.25, -0.2) is 12.8 Å². The van der Waals surface area contributed by atoms with Crippen LogP contribution in [0.3, 0.4) is 0 Å². The van der Waals surface area contributed by atoms with Gasteiger partial charge in [0.1, 0.15) is 17.3 Å². The standard InChI is InChI=1S/C24H24FN3O4S/c25-20-9-11-22(12-10-20)27-23(29)17-33(31,32)18-24(30)28(16-19-6-2-1-3-7-19)15-13-21-8-4-5-14-26-21/h1-12,14H,13,15-18H2,(H,27,29). The van der Waals surface area contributed by atoms with Crippen LogP contribution >= 0.6 is 0 Å². The van der Waals surface area contributed by atoms with Crippen LogP contribution in [0.25, 0.3) is 0 Å². The topological polar surface area (TPSA) is 96.4 Å². The molecule has 0 saturated carbocycles. The molecule has 0 unspecified atom stereocenters. The number of carbonyl (C=O) groups excluding carboxylic acids is 2. The Hall–Kier alpha value is -3.59. The Morgan fingerprint density at radius 1 is 0.909 bits per heavy atom. The van der Waals surface area contributed by atoms with Gasteiger partial charge in [0, 0.05) is 37.1 Å². The van der Waals surface area contributed by atoms with Crippen LogP contribution in [0.2, 0.25) is 0 Å². The minimum atomic E-state index is -4.02. The number of rotatable bonds is 10. The molecule has 0 saturated heterocycles. The number of sulfone groups is 1. The molecule has 1 aromatic heterocycles. The van der Waals surface area contributed by atoms with E-state index in [0.717, 1.165) is 23.4 Å². The first kappa shape index (κ1) is 24.1. The van der Waals surface area contributed by atoms with Gasteiger partial charge < -0.3 is 10.2 Å². The van der Waals surface area contributed by atoms with Crippen molar-refractivity contribution in [2.45, 2.75) is 13.0 Å². The maximum absolute atomic E-state index is 13.0. The number of nitrogens with zero attached hydrogens (tertiary/aromatic N) is 2. The van der Waals surface area contributed by atoms with Crippen LogP contribution in [0.1, 0.15) is 11.3 Å². The predicted octanol–water partition coefficient (Wildman–Crippen LogP) is 2.85. The van der Waals surface area contributed by atoms with E-state index in [0.29, 0.717) is 6.42 Å². The summed E-state index contributed by atoms with van der Waals surface area (Å²) in [4.78, 5) is 30.8. The highest BCUT2D eigenvalue weighted by atomic mass is 32.2. The van der Waals surface area contributed by atoms with Crippen molar-refractivity contribution in [3.63, 3.8) is 0 Å². The number of benzene rings is 2. The van der Waals surface area contributed by atoms with E-state index in [1.165, 1.54) is 17.0 Å². The van der Waals surface area contributed by atoms with Gasteiger partial charge in [-0.3, -0.25) is 14.6 Å². The summed E-state index contributed by atoms with van der Waals surface area (Å²) in [5.41, 5.74) is 1.91. The molecule has 3 rings (SSSR count). The summed E-state index contributed by atoms with van der Waals surface area (Å²) >= 11 is 0. The van der Waals surface area contributed by atoms with Crippen LogP contribution in [0.5, 0.6) is 0 Å². The van der Waals surface area contributed by atoms with Gasteiger partial charge >= 0.3 is 0 Å². The van der Waals surface area contributed by atoms with Crippen molar-refractivity contribution in [1.29, 1.82) is 0 Å². The lowest BCUT2D eigenvalue weighted by molar-refractivity contribution is -0.129. The second-order valence-corrected chi connectivity index (χ2v) is 9.52. The first-order chi connectivity index (χ1) is 15.8. The van der Waals surface area contributed by atoms with Crippen molar-refractivity contribution in [2.75, 3.05) is 23.4 Å². The van der Waals surface area contributed by atoms with Crippen molar-refractivity contribution < 1.29 is 22.4 Å². The number of nitrogens with one attached hydrogen (secondary N) is 1. The Bertz CT molecular complexity index is 1170. The number of hydrogen-bond donors (Lipinski definition) is 1. The molecule has 1 heterocycles. The normalized spacial score (nSPS) is 11.1. The molecule has 2 amide bonds. The quantitative estimate of drug-likeness (QED) is 0.493. The molecule has 2 aromatic carbocycles. The van der Waals surface area contributed by atoms with E-state index in [9.17, 15) is 22.4 Å². The van der Waals surface area contributed by atoms with E-state index in [1.54, 1.807) is 12.3 Å². The number of hydrogen-bond acceptors (Lipinski definition) is 5. The lowest BCUT2D eigenvalue weighted by atomic mass is 10.2. The van der Waals surface area contributed by atoms with Crippen molar-refractivity contribution in [2.24, 2.45) is 0 Å². The zero-order valence-electron chi connectivity index (χ0n) is 17.9. The highest BCUT2D eigenvalue weighted by molar-refractivity contribution is 7.92. The Morgan fingerprint density at radius 2 is 1.61 bits per heavy atom. The second kappa shape index (κ2) is 11.3. The summed E-state index contributed by atoms with van der Waals surface area (Å²) < 4.78 is 38.1. The van der Waals surface area contributed by atoms with Gasteiger partial charge in [0.2, 0.25) is 11.8 Å². The largest absolute Gasteiger partial charge is 0.337 e. The fraction of sp³-hybridized carbons (Fsp3) is 0.208. The average Bonchev–Trinajstić information content (AvgIpc) is 2.78. The van der Waals surface area contributed by atoms with Crippen LogP contribution < -0.4 is 5.32 Å². The third-order valence-corrected chi connectivity index (χ3v) is 6.14. The molecular weight excluding hydrogens is 445 g/mol. The fourth-order valence-corrected chi connectivity index (χ4v) is 4.28. The molecule has 0 fully saturated rings. The zero-order valence-corrected chi connectivity index (χ0v) is 18.7. The highest BCUT2D eigenvalue weighted by Crippen LogP contribution is 2.10. The molecule has 7 nitrogen and oxygen atoms in total. The van der Waals surface area contributed by atoms with Gasteiger partial charge in [-0.05, 0) is 42.0 Å². The highest BCUT2D eigenvalue weighted by Gasteiger charge is 2.25. The Kier molecular flexibility index (Phi) is 8.26. The second-order valence-electron chi connectivity index (χ2n) is 7.46. The molecule has 33 heavy (non-hydrogen) atoms. The molecule has 0 radical (unpaired) electrons. The average molecular weight is 470 g/mol. The summed E-state index contributed by atoms with van der Waals surface area (Å²) in [6.45, 7) is 0.520. The first-order valence-corrected chi connectivity index (χ1v) is 12.1. The summed E-state index contributed by atoms with van der Waals surface area (Å²) in [6.07, 6.45) is 2.12. The lowest BCUT2D eigenvalue weighted by Crippen LogP contribution is -2.38. The third-order valence-electron chi connectivity index (χ3n) is 4.76. The minimum Gasteiger partial charge on any atom is -0.337 e. The van der Waals surface area contributed by atoms with Gasteiger partial charge in [0.15, 0.2) is 9.84 Å². The summed E-state index contributed by atoms with van der Waals surface area (Å²) in [5, 5.41) is 2.40. The van der Waals surface area contributed by atoms with E-state index in [-0.39, 0.29) is 18.8 Å². The van der Waals surface area contributed by atoms with Crippen molar-refractivity contribution in [3.8, 4) is 0 Å². The molecule has 9 heteroatoms. The molecular formula is C24H24FN3O4S. The number of aromatic nitrogens is 1. The number of halogens is 1. The third kappa shape index (κ3) is 8.12. The lowest BCUT2D eigenvalue weighted by Gasteiger charge is -2.23.